The van der Waals surface area contributed by atoms with Gasteiger partial charge < -0.3 is 85.5 Å². The molecule has 1 saturated carbocycles. The molecule has 0 aromatic rings. The fourth-order valence-electron chi connectivity index (χ4n) is 7.47. The number of carbonyl (C=O) groups is 2. The zero-order chi connectivity index (χ0) is 39.4. The largest absolute Gasteiger partial charge is 0.550 e. The average molecular weight is 773 g/mol. The van der Waals surface area contributed by atoms with Crippen molar-refractivity contribution in [2.45, 2.75) is 80.9 Å². The van der Waals surface area contributed by atoms with Gasteiger partial charge in [-0.2, -0.15) is 0 Å². The second-order valence-corrected chi connectivity index (χ2v) is 14.1. The summed E-state index contributed by atoms with van der Waals surface area (Å²) in [5.74, 6) is -8.23. The number of allylic oxidation sites excluding steroid dienone is 1. The van der Waals surface area contributed by atoms with Gasteiger partial charge in [0.05, 0.1) is 69.0 Å². The van der Waals surface area contributed by atoms with Gasteiger partial charge in [-0.25, -0.2) is 4.79 Å². The number of aliphatic carboxylic acids is 1. The number of nitrogens with one attached hydrogen (secondary N) is 2. The predicted molar refractivity (Wildman–Crippen MR) is 185 cm³/mol. The van der Waals surface area contributed by atoms with E-state index >= 15 is 0 Å². The number of aliphatic hydroxyl groups excluding tert-OH is 4. The van der Waals surface area contributed by atoms with Gasteiger partial charge in [0.1, 0.15) is 24.9 Å². The van der Waals surface area contributed by atoms with Crippen LogP contribution in [-0.4, -0.2) is 157 Å². The Hall–Kier alpha value is -3.21. The third-order valence-corrected chi connectivity index (χ3v) is 10.3. The molecule has 0 bridgehead atoms. The summed E-state index contributed by atoms with van der Waals surface area (Å²) in [5, 5.41) is 78.2. The standard InChI is InChI=1S/C35H57N5O14/c1-3-22-23(10-9-20-15-40(12-14-42)16-24(30(45)46)27(20)39-34(36)38-11-6-13-41)25(31(47)52-21-7-4-5-8-21)18-50-32(22)54-33-29(51-19-37-2)35(48,49)28(44)26(17-43)53-33/h3,9-10,18,20-24,26-29,32-33,37,41-44,48-49H,1,4-8,11-17,19H2,2H3,(H,45,46)(H3,36,38,39)/p+1. The quantitative estimate of drug-likeness (QED) is 0.0155. The molecule has 19 nitrogen and oxygen atoms in total. The Balaban J connectivity index is 1.71. The molecule has 3 aliphatic heterocycles. The molecule has 11 unspecified atom stereocenters. The zero-order valence-corrected chi connectivity index (χ0v) is 30.6. The van der Waals surface area contributed by atoms with Crippen molar-refractivity contribution in [3.8, 4) is 0 Å². The van der Waals surface area contributed by atoms with Gasteiger partial charge in [-0.3, -0.25) is 4.99 Å². The van der Waals surface area contributed by atoms with Gasteiger partial charge in [-0.15, -0.1) is 6.58 Å². The van der Waals surface area contributed by atoms with Crippen LogP contribution in [0.15, 0.2) is 41.6 Å². The number of piperidine rings is 1. The van der Waals surface area contributed by atoms with Crippen LogP contribution in [0, 0.1) is 23.7 Å². The molecule has 19 heteroatoms. The number of quaternary nitrogens is 2. The number of likely N-dealkylation sites (tertiary alicyclic amines) is 1. The molecular weight excluding hydrogens is 714 g/mol. The highest BCUT2D eigenvalue weighted by Crippen LogP contribution is 2.39. The molecule has 2 saturated heterocycles. The van der Waals surface area contributed by atoms with Crippen LogP contribution in [0.5, 0.6) is 0 Å². The Labute approximate surface area is 314 Å². The molecular formula is C35H58N5O14+. The lowest BCUT2D eigenvalue weighted by molar-refractivity contribution is -0.911. The second-order valence-electron chi connectivity index (χ2n) is 14.1. The number of carboxylic acid groups (broad SMARTS) is 1. The Bertz CT molecular complexity index is 1330. The highest BCUT2D eigenvalue weighted by molar-refractivity contribution is 5.89. The lowest BCUT2D eigenvalue weighted by Gasteiger charge is -2.47. The van der Waals surface area contributed by atoms with Crippen LogP contribution in [0.1, 0.15) is 32.1 Å². The number of aliphatic imine (C=N–C) groups is 1. The van der Waals surface area contributed by atoms with Gasteiger partial charge >= 0.3 is 5.97 Å². The van der Waals surface area contributed by atoms with Crippen LogP contribution in [0.25, 0.3) is 0 Å². The van der Waals surface area contributed by atoms with Gasteiger partial charge in [-0.1, -0.05) is 18.2 Å². The van der Waals surface area contributed by atoms with Crippen molar-refractivity contribution in [2.24, 2.45) is 34.4 Å². The lowest BCUT2D eigenvalue weighted by Crippen LogP contribution is -3.16. The van der Waals surface area contributed by atoms with Crippen LogP contribution < -0.4 is 26.4 Å². The molecule has 0 amide bonds. The van der Waals surface area contributed by atoms with Crippen LogP contribution >= 0.6 is 0 Å². The molecule has 3 fully saturated rings. The minimum absolute atomic E-state index is 0.0204. The summed E-state index contributed by atoms with van der Waals surface area (Å²) in [4.78, 5) is 31.2. The summed E-state index contributed by atoms with van der Waals surface area (Å²) < 4.78 is 29.3. The Morgan fingerprint density at radius 2 is 1.93 bits per heavy atom. The monoisotopic (exact) mass is 772 g/mol. The predicted octanol–water partition coefficient (Wildman–Crippen LogP) is -6.47. The van der Waals surface area contributed by atoms with Crippen LogP contribution in [0.2, 0.25) is 0 Å². The van der Waals surface area contributed by atoms with E-state index in [1.165, 1.54) is 12.3 Å². The number of guanidine groups is 1. The van der Waals surface area contributed by atoms with Gasteiger partial charge in [0.25, 0.3) is 0 Å². The summed E-state index contributed by atoms with van der Waals surface area (Å²) in [7, 11) is 1.67. The van der Waals surface area contributed by atoms with Gasteiger partial charge in [0, 0.05) is 25.0 Å². The molecule has 0 radical (unpaired) electrons. The lowest BCUT2D eigenvalue weighted by atomic mass is 9.79. The van der Waals surface area contributed by atoms with E-state index < -0.39 is 84.9 Å². The number of carbonyl (C=O) groups excluding carboxylic acids is 2. The number of esters is 1. The molecule has 0 aromatic carbocycles. The number of nitrogens with two attached hydrogens (primary N) is 2. The molecule has 3 heterocycles. The molecule has 4 aliphatic rings. The van der Waals surface area contributed by atoms with Crippen molar-refractivity contribution in [2.75, 3.05) is 59.8 Å². The van der Waals surface area contributed by atoms with Crippen molar-refractivity contribution in [1.82, 2.24) is 5.32 Å². The fourth-order valence-corrected chi connectivity index (χ4v) is 7.47. The van der Waals surface area contributed by atoms with Crippen molar-refractivity contribution in [3.05, 3.63) is 36.6 Å². The first-order valence-corrected chi connectivity index (χ1v) is 18.5. The van der Waals surface area contributed by atoms with E-state index in [0.29, 0.717) is 25.8 Å². The first kappa shape index (κ1) is 43.5. The number of ether oxygens (including phenoxy) is 5. The average Bonchev–Trinajstić information content (AvgIpc) is 3.65. The van der Waals surface area contributed by atoms with E-state index in [-0.39, 0.29) is 57.2 Å². The summed E-state index contributed by atoms with van der Waals surface area (Å²) >= 11 is 0. The first-order valence-electron chi connectivity index (χ1n) is 18.5. The maximum atomic E-state index is 13.7. The highest BCUT2D eigenvalue weighted by Gasteiger charge is 2.57. The maximum absolute atomic E-state index is 13.7. The van der Waals surface area contributed by atoms with Crippen LogP contribution in [0.4, 0.5) is 0 Å². The number of rotatable bonds is 18. The van der Waals surface area contributed by atoms with Crippen molar-refractivity contribution in [1.29, 1.82) is 0 Å². The zero-order valence-electron chi connectivity index (χ0n) is 30.6. The normalized spacial score (nSPS) is 34.6. The number of carboxylic acids is 1. The summed E-state index contributed by atoms with van der Waals surface area (Å²) in [6.07, 6.45) is 1.43. The van der Waals surface area contributed by atoms with Gasteiger partial charge in [-0.05, 0) is 32.1 Å². The van der Waals surface area contributed by atoms with E-state index in [9.17, 15) is 40.2 Å². The summed E-state index contributed by atoms with van der Waals surface area (Å²) in [6, 6.07) is -0.813. The molecule has 0 spiro atoms. The van der Waals surface area contributed by atoms with E-state index in [2.05, 4.69) is 16.9 Å². The third-order valence-electron chi connectivity index (χ3n) is 10.3. The molecule has 306 valence electrons. The SMILES string of the molecule is C=CC1C(OC2OC(CO)C(O)C(O)(O)C2OC[NH2+]C)OC=C(C(=O)OC2CCCC2)C1C=CC1C[NH+](CCO)CC(C(=O)[O-])C1NC(N)=NCCCO. The summed E-state index contributed by atoms with van der Waals surface area (Å²) in [5.41, 5.74) is 6.26. The van der Waals surface area contributed by atoms with E-state index in [1.807, 2.05) is 0 Å². The highest BCUT2D eigenvalue weighted by atomic mass is 16.8. The Morgan fingerprint density at radius 1 is 1.19 bits per heavy atom. The topological polar surface area (TPSA) is 296 Å². The molecule has 0 aromatic heterocycles. The minimum Gasteiger partial charge on any atom is -0.550 e. The van der Waals surface area contributed by atoms with E-state index in [4.69, 9.17) is 34.5 Å². The van der Waals surface area contributed by atoms with E-state index in [0.717, 1.165) is 17.7 Å². The smallest absolute Gasteiger partial charge is 0.338 e. The number of nitrogens with zero attached hydrogens (tertiary/aromatic N) is 1. The number of hydrogen-bond donors (Lipinski definition) is 10. The number of hydrogen-bond acceptors (Lipinski definition) is 15. The molecule has 1 aliphatic carbocycles. The minimum atomic E-state index is -2.91. The third kappa shape index (κ3) is 10.8. The fraction of sp³-hybridized carbons (Fsp3) is 0.743. The van der Waals surface area contributed by atoms with Crippen molar-refractivity contribution >= 4 is 17.9 Å². The number of aliphatic hydroxyl groups is 6. The van der Waals surface area contributed by atoms with Crippen LogP contribution in [-0.2, 0) is 33.3 Å². The molecule has 4 rings (SSSR count). The molecule has 54 heavy (non-hydrogen) atoms. The van der Waals surface area contributed by atoms with Crippen molar-refractivity contribution in [3.63, 3.8) is 0 Å². The Morgan fingerprint density at radius 3 is 2.56 bits per heavy atom. The molecule has 11 atom stereocenters. The van der Waals surface area contributed by atoms with Crippen LogP contribution in [0.3, 0.4) is 0 Å². The Kier molecular flexibility index (Phi) is 16.6. The maximum Gasteiger partial charge on any atom is 0.338 e. The first-order chi connectivity index (χ1) is 25.9. The van der Waals surface area contributed by atoms with Crippen molar-refractivity contribution < 1.29 is 79.2 Å². The summed E-state index contributed by atoms with van der Waals surface area (Å²) in [6.45, 7) is 3.78. The van der Waals surface area contributed by atoms with Gasteiger partial charge in [0.2, 0.25) is 12.1 Å². The van der Waals surface area contributed by atoms with Gasteiger partial charge in [0.15, 0.2) is 25.1 Å². The molecule has 12 N–H and O–H groups in total. The second kappa shape index (κ2) is 20.6. The van der Waals surface area contributed by atoms with E-state index in [1.54, 1.807) is 24.5 Å².